The van der Waals surface area contributed by atoms with E-state index in [1.807, 2.05) is 0 Å². The maximum Gasteiger partial charge on any atom is 0.573 e. The number of halogens is 3. The number of alkyl halides is 3. The molecular weight excluding hydrogens is 349 g/mol. The molecule has 0 aliphatic heterocycles. The van der Waals surface area contributed by atoms with Crippen LogP contribution in [0.2, 0.25) is 0 Å². The highest BCUT2D eigenvalue weighted by Gasteiger charge is 2.31. The molecule has 0 fully saturated rings. The van der Waals surface area contributed by atoms with E-state index in [4.69, 9.17) is 10.5 Å². The molecule has 8 heteroatoms. The topological polar surface area (TPSA) is 82.4 Å². The SMILES string of the molecule is N=C1/C(=C\Nc2ccc(OC(F)(F)F)cc2)Cc2ccc(C(=O)O)cc21. The molecule has 0 aromatic heterocycles. The van der Waals surface area contributed by atoms with Crippen LogP contribution in [-0.4, -0.2) is 23.1 Å². The van der Waals surface area contributed by atoms with Gasteiger partial charge < -0.3 is 15.2 Å². The number of carboxylic acids is 1. The number of aromatic carboxylic acids is 1. The Balaban J connectivity index is 1.71. The van der Waals surface area contributed by atoms with Crippen molar-refractivity contribution in [3.63, 3.8) is 0 Å². The van der Waals surface area contributed by atoms with E-state index in [1.165, 1.54) is 36.4 Å². The number of carbonyl (C=O) groups is 1. The van der Waals surface area contributed by atoms with Crippen LogP contribution in [0.1, 0.15) is 21.5 Å². The van der Waals surface area contributed by atoms with Gasteiger partial charge in [-0.2, -0.15) is 0 Å². The Bertz CT molecular complexity index is 903. The number of ether oxygens (including phenoxy) is 1. The number of carboxylic acid groups (broad SMARTS) is 1. The zero-order valence-electron chi connectivity index (χ0n) is 13.2. The highest BCUT2D eigenvalue weighted by Crippen LogP contribution is 2.28. The van der Waals surface area contributed by atoms with Crippen LogP contribution < -0.4 is 10.1 Å². The number of nitrogens with one attached hydrogen (secondary N) is 2. The van der Waals surface area contributed by atoms with Gasteiger partial charge in [0.2, 0.25) is 0 Å². The number of fused-ring (bicyclic) bond motifs is 1. The van der Waals surface area contributed by atoms with Crippen molar-refractivity contribution in [2.45, 2.75) is 12.8 Å². The number of hydrogen-bond acceptors (Lipinski definition) is 4. The van der Waals surface area contributed by atoms with Crippen molar-refractivity contribution in [3.8, 4) is 5.75 Å². The summed E-state index contributed by atoms with van der Waals surface area (Å²) in [5.41, 5.74) is 2.92. The summed E-state index contributed by atoms with van der Waals surface area (Å²) in [5.74, 6) is -1.38. The predicted octanol–water partition coefficient (Wildman–Crippen LogP) is 4.20. The second kappa shape index (κ2) is 6.55. The molecular formula is C18H13F3N2O3. The number of anilines is 1. The lowest BCUT2D eigenvalue weighted by Crippen LogP contribution is -2.16. The molecule has 0 spiro atoms. The van der Waals surface area contributed by atoms with Crippen LogP contribution in [0.5, 0.6) is 5.75 Å². The van der Waals surface area contributed by atoms with Gasteiger partial charge in [-0.05, 0) is 47.5 Å². The molecule has 0 bridgehead atoms. The predicted molar refractivity (Wildman–Crippen MR) is 88.8 cm³/mol. The molecule has 2 aromatic carbocycles. The van der Waals surface area contributed by atoms with Crippen molar-refractivity contribution in [1.82, 2.24) is 0 Å². The maximum absolute atomic E-state index is 12.1. The van der Waals surface area contributed by atoms with Crippen molar-refractivity contribution in [1.29, 1.82) is 5.41 Å². The lowest BCUT2D eigenvalue weighted by Gasteiger charge is -2.09. The lowest BCUT2D eigenvalue weighted by atomic mass is 10.1. The van der Waals surface area contributed by atoms with E-state index in [2.05, 4.69) is 10.1 Å². The number of hydrogen-bond donors (Lipinski definition) is 3. The van der Waals surface area contributed by atoms with Gasteiger partial charge >= 0.3 is 12.3 Å². The minimum atomic E-state index is -4.74. The normalized spacial score (nSPS) is 15.0. The third-order valence-corrected chi connectivity index (χ3v) is 3.83. The summed E-state index contributed by atoms with van der Waals surface area (Å²) in [7, 11) is 0. The molecule has 0 heterocycles. The molecule has 26 heavy (non-hydrogen) atoms. The summed E-state index contributed by atoms with van der Waals surface area (Å²) in [4.78, 5) is 11.0. The van der Waals surface area contributed by atoms with E-state index in [9.17, 15) is 18.0 Å². The first-order valence-corrected chi connectivity index (χ1v) is 7.50. The summed E-state index contributed by atoms with van der Waals surface area (Å²) < 4.78 is 40.2. The largest absolute Gasteiger partial charge is 0.573 e. The highest BCUT2D eigenvalue weighted by molar-refractivity contribution is 6.15. The molecule has 0 unspecified atom stereocenters. The van der Waals surface area contributed by atoms with Crippen molar-refractivity contribution >= 4 is 17.4 Å². The summed E-state index contributed by atoms with van der Waals surface area (Å²) in [6.45, 7) is 0. The molecule has 1 aliphatic rings. The third kappa shape index (κ3) is 3.85. The maximum atomic E-state index is 12.1. The van der Waals surface area contributed by atoms with E-state index in [-0.39, 0.29) is 17.0 Å². The van der Waals surface area contributed by atoms with Crippen LogP contribution in [0.25, 0.3) is 0 Å². The molecule has 3 rings (SSSR count). The van der Waals surface area contributed by atoms with Gasteiger partial charge in [0.25, 0.3) is 0 Å². The van der Waals surface area contributed by atoms with Gasteiger partial charge in [-0.1, -0.05) is 6.07 Å². The number of rotatable bonds is 4. The smallest absolute Gasteiger partial charge is 0.478 e. The molecule has 5 nitrogen and oxygen atoms in total. The summed E-state index contributed by atoms with van der Waals surface area (Å²) in [5, 5.41) is 20.1. The van der Waals surface area contributed by atoms with E-state index >= 15 is 0 Å². The fourth-order valence-corrected chi connectivity index (χ4v) is 2.61. The standard InChI is InChI=1S/C18H13F3N2O3/c19-18(20,21)26-14-5-3-13(4-6-14)23-9-12-7-10-1-2-11(17(24)25)8-15(10)16(12)22/h1-6,8-9,22-23H,7H2,(H,24,25)/b12-9-,22-16?. The van der Waals surface area contributed by atoms with Crippen LogP contribution in [0.3, 0.4) is 0 Å². The van der Waals surface area contributed by atoms with Crippen LogP contribution in [0.15, 0.2) is 54.2 Å². The zero-order chi connectivity index (χ0) is 18.9. The Morgan fingerprint density at radius 2 is 1.88 bits per heavy atom. The lowest BCUT2D eigenvalue weighted by molar-refractivity contribution is -0.274. The summed E-state index contributed by atoms with van der Waals surface area (Å²) in [6.07, 6.45) is -2.69. The molecule has 0 radical (unpaired) electrons. The molecule has 0 saturated carbocycles. The quantitative estimate of drug-likeness (QED) is 0.761. The van der Waals surface area contributed by atoms with Gasteiger partial charge in [-0.15, -0.1) is 13.2 Å². The van der Waals surface area contributed by atoms with Gasteiger partial charge in [-0.3, -0.25) is 5.41 Å². The van der Waals surface area contributed by atoms with E-state index in [1.54, 1.807) is 12.3 Å². The van der Waals surface area contributed by atoms with Crippen LogP contribution >= 0.6 is 0 Å². The Hall–Kier alpha value is -3.29. The molecule has 0 amide bonds. The minimum absolute atomic E-state index is 0.114. The average Bonchev–Trinajstić information content (AvgIpc) is 2.88. The second-order valence-electron chi connectivity index (χ2n) is 5.61. The van der Waals surface area contributed by atoms with Crippen molar-refractivity contribution in [2.75, 3.05) is 5.32 Å². The Labute approximate surface area is 146 Å². The fraction of sp³-hybridized carbons (Fsp3) is 0.111. The zero-order valence-corrected chi connectivity index (χ0v) is 13.2. The van der Waals surface area contributed by atoms with Gasteiger partial charge in [-0.25, -0.2) is 4.79 Å². The molecule has 134 valence electrons. The Morgan fingerprint density at radius 1 is 1.19 bits per heavy atom. The van der Waals surface area contributed by atoms with Gasteiger partial charge in [0.1, 0.15) is 5.75 Å². The van der Waals surface area contributed by atoms with Gasteiger partial charge in [0, 0.05) is 23.9 Å². The van der Waals surface area contributed by atoms with E-state index in [0.29, 0.717) is 23.2 Å². The number of allylic oxidation sites excluding steroid dienone is 1. The van der Waals surface area contributed by atoms with Gasteiger partial charge in [0.15, 0.2) is 0 Å². The molecule has 1 aliphatic carbocycles. The monoisotopic (exact) mass is 362 g/mol. The highest BCUT2D eigenvalue weighted by atomic mass is 19.4. The Kier molecular flexibility index (Phi) is 4.41. The average molecular weight is 362 g/mol. The van der Waals surface area contributed by atoms with E-state index in [0.717, 1.165) is 5.56 Å². The molecule has 0 saturated heterocycles. The van der Waals surface area contributed by atoms with Gasteiger partial charge in [0.05, 0.1) is 11.3 Å². The second-order valence-corrected chi connectivity index (χ2v) is 5.61. The molecule has 0 atom stereocenters. The Morgan fingerprint density at radius 3 is 2.50 bits per heavy atom. The van der Waals surface area contributed by atoms with E-state index < -0.39 is 12.3 Å². The number of benzene rings is 2. The first-order valence-electron chi connectivity index (χ1n) is 7.50. The van der Waals surface area contributed by atoms with Crippen molar-refractivity contribution in [3.05, 3.63) is 70.9 Å². The first-order chi connectivity index (χ1) is 12.2. The molecule has 3 N–H and O–H groups in total. The first kappa shape index (κ1) is 17.5. The van der Waals surface area contributed by atoms with Crippen LogP contribution in [-0.2, 0) is 6.42 Å². The third-order valence-electron chi connectivity index (χ3n) is 3.83. The van der Waals surface area contributed by atoms with Crippen LogP contribution in [0, 0.1) is 5.41 Å². The fourth-order valence-electron chi connectivity index (χ4n) is 2.61. The van der Waals surface area contributed by atoms with Crippen LogP contribution in [0.4, 0.5) is 18.9 Å². The summed E-state index contributed by atoms with van der Waals surface area (Å²) in [6, 6.07) is 9.84. The minimum Gasteiger partial charge on any atom is -0.478 e. The van der Waals surface area contributed by atoms with Crippen molar-refractivity contribution in [2.24, 2.45) is 0 Å². The molecule has 2 aromatic rings. The van der Waals surface area contributed by atoms with Crippen molar-refractivity contribution < 1.29 is 27.8 Å². The summed E-state index contributed by atoms with van der Waals surface area (Å²) >= 11 is 0.